The third kappa shape index (κ3) is 3.97. The number of primary sulfonamides is 1. The van der Waals surface area contributed by atoms with Gasteiger partial charge in [0, 0.05) is 11.1 Å². The van der Waals surface area contributed by atoms with E-state index in [4.69, 9.17) is 21.7 Å². The van der Waals surface area contributed by atoms with Crippen molar-refractivity contribution in [2.24, 2.45) is 5.14 Å². The van der Waals surface area contributed by atoms with Crippen molar-refractivity contribution < 1.29 is 8.42 Å². The highest BCUT2D eigenvalue weighted by Crippen LogP contribution is 2.43. The summed E-state index contributed by atoms with van der Waals surface area (Å²) in [5.74, 6) is 0. The molecule has 0 bridgehead atoms. The summed E-state index contributed by atoms with van der Waals surface area (Å²) in [5, 5.41) is 6.67. The fourth-order valence-corrected chi connectivity index (χ4v) is 5.00. The molecule has 0 saturated heterocycles. The number of nitrogens with zero attached hydrogens (tertiary/aromatic N) is 1. The molecule has 0 aliphatic carbocycles. The quantitative estimate of drug-likeness (QED) is 0.438. The summed E-state index contributed by atoms with van der Waals surface area (Å²) in [6.45, 7) is 2.04. The van der Waals surface area contributed by atoms with E-state index in [9.17, 15) is 8.42 Å². The summed E-state index contributed by atoms with van der Waals surface area (Å²) in [6.07, 6.45) is 0. The normalized spacial score (nSPS) is 11.6. The molecular weight excluding hydrogens is 424 g/mol. The zero-order chi connectivity index (χ0) is 20.6. The summed E-state index contributed by atoms with van der Waals surface area (Å²) >= 11 is 7.92. The van der Waals surface area contributed by atoms with Crippen molar-refractivity contribution in [2.75, 3.05) is 0 Å². The highest BCUT2D eigenvalue weighted by atomic mass is 35.5. The van der Waals surface area contributed by atoms with Gasteiger partial charge in [0.25, 0.3) is 0 Å². The van der Waals surface area contributed by atoms with E-state index < -0.39 is 10.0 Å². The topological polar surface area (TPSA) is 73.0 Å². The fraction of sp³-hybridized carbons (Fsp3) is 0.0455. The molecule has 146 valence electrons. The Kier molecular flexibility index (Phi) is 5.27. The maximum Gasteiger partial charge on any atom is 0.238 e. The van der Waals surface area contributed by atoms with Crippen LogP contribution in [0.3, 0.4) is 0 Å². The van der Waals surface area contributed by atoms with Crippen LogP contribution in [-0.2, 0) is 10.0 Å². The lowest BCUT2D eigenvalue weighted by Crippen LogP contribution is -2.11. The number of hydrogen-bond acceptors (Lipinski definition) is 4. The number of aromatic nitrogens is 1. The Morgan fingerprint density at radius 3 is 2.14 bits per heavy atom. The Hall–Kier alpha value is -2.51. The van der Waals surface area contributed by atoms with E-state index >= 15 is 0 Å². The minimum Gasteiger partial charge on any atom is -0.235 e. The van der Waals surface area contributed by atoms with Crippen LogP contribution in [0.1, 0.15) is 5.56 Å². The molecule has 0 radical (unpaired) electrons. The van der Waals surface area contributed by atoms with E-state index in [0.717, 1.165) is 37.8 Å². The molecule has 1 aromatic heterocycles. The van der Waals surface area contributed by atoms with Crippen LogP contribution in [0.25, 0.3) is 32.3 Å². The lowest BCUT2D eigenvalue weighted by Gasteiger charge is -2.06. The molecule has 0 unspecified atom stereocenters. The van der Waals surface area contributed by atoms with Crippen molar-refractivity contribution in [2.45, 2.75) is 11.8 Å². The molecular formula is C22H17ClN2O2S2. The SMILES string of the molecule is Cc1ccccc1-c1nc(-c2ccccc2Cl)sc1-c1ccc(S(N)(=O)=O)cc1. The second-order valence-corrected chi connectivity index (χ2v) is 9.53. The third-order valence-electron chi connectivity index (χ3n) is 4.58. The molecule has 29 heavy (non-hydrogen) atoms. The second kappa shape index (κ2) is 7.72. The first-order chi connectivity index (χ1) is 13.8. The summed E-state index contributed by atoms with van der Waals surface area (Å²) in [5.41, 5.74) is 4.69. The molecule has 1 heterocycles. The lowest BCUT2D eigenvalue weighted by atomic mass is 10.0. The molecule has 4 aromatic rings. The maximum absolute atomic E-state index is 11.6. The highest BCUT2D eigenvalue weighted by Gasteiger charge is 2.19. The Labute approximate surface area is 178 Å². The smallest absolute Gasteiger partial charge is 0.235 e. The zero-order valence-corrected chi connectivity index (χ0v) is 17.9. The van der Waals surface area contributed by atoms with Gasteiger partial charge in [-0.2, -0.15) is 0 Å². The monoisotopic (exact) mass is 440 g/mol. The van der Waals surface area contributed by atoms with Crippen LogP contribution in [0.4, 0.5) is 0 Å². The molecule has 4 rings (SSSR count). The Morgan fingerprint density at radius 1 is 0.897 bits per heavy atom. The number of hydrogen-bond donors (Lipinski definition) is 1. The van der Waals surface area contributed by atoms with Gasteiger partial charge in [-0.25, -0.2) is 18.5 Å². The van der Waals surface area contributed by atoms with E-state index in [1.165, 1.54) is 23.5 Å². The molecule has 2 N–H and O–H groups in total. The molecule has 3 aromatic carbocycles. The van der Waals surface area contributed by atoms with Crippen LogP contribution in [0, 0.1) is 6.92 Å². The van der Waals surface area contributed by atoms with Crippen LogP contribution >= 0.6 is 22.9 Å². The van der Waals surface area contributed by atoms with Crippen molar-refractivity contribution in [3.63, 3.8) is 0 Å². The molecule has 0 spiro atoms. The van der Waals surface area contributed by atoms with Crippen molar-refractivity contribution in [1.82, 2.24) is 4.98 Å². The van der Waals surface area contributed by atoms with Gasteiger partial charge >= 0.3 is 0 Å². The zero-order valence-electron chi connectivity index (χ0n) is 15.5. The van der Waals surface area contributed by atoms with E-state index in [0.29, 0.717) is 5.02 Å². The lowest BCUT2D eigenvalue weighted by molar-refractivity contribution is 0.598. The Bertz CT molecular complexity index is 1300. The first-order valence-corrected chi connectivity index (χ1v) is 11.5. The summed E-state index contributed by atoms with van der Waals surface area (Å²) in [4.78, 5) is 5.93. The molecule has 0 aliphatic heterocycles. The maximum atomic E-state index is 11.6. The van der Waals surface area contributed by atoms with Gasteiger partial charge in [-0.3, -0.25) is 0 Å². The Balaban J connectivity index is 1.92. The number of benzene rings is 3. The van der Waals surface area contributed by atoms with Gasteiger partial charge in [-0.1, -0.05) is 66.2 Å². The number of halogens is 1. The van der Waals surface area contributed by atoms with Crippen molar-refractivity contribution in [3.05, 3.63) is 83.4 Å². The first-order valence-electron chi connectivity index (χ1n) is 8.79. The van der Waals surface area contributed by atoms with E-state index in [1.54, 1.807) is 12.1 Å². The number of rotatable bonds is 4. The van der Waals surface area contributed by atoms with Crippen LogP contribution in [0.15, 0.2) is 77.7 Å². The van der Waals surface area contributed by atoms with Crippen molar-refractivity contribution in [1.29, 1.82) is 0 Å². The average molecular weight is 441 g/mol. The summed E-state index contributed by atoms with van der Waals surface area (Å²) < 4.78 is 23.2. The standard InChI is InChI=1S/C22H17ClN2O2S2/c1-14-6-2-3-7-17(14)20-21(15-10-12-16(13-11-15)29(24,26)27)28-22(25-20)18-8-4-5-9-19(18)23/h2-13H,1H3,(H2,24,26,27). The van der Waals surface area contributed by atoms with Gasteiger partial charge in [0.2, 0.25) is 10.0 Å². The van der Waals surface area contributed by atoms with Crippen LogP contribution < -0.4 is 5.14 Å². The second-order valence-electron chi connectivity index (χ2n) is 6.56. The predicted molar refractivity (Wildman–Crippen MR) is 120 cm³/mol. The molecule has 7 heteroatoms. The molecule has 0 fully saturated rings. The largest absolute Gasteiger partial charge is 0.238 e. The fourth-order valence-electron chi connectivity index (χ4n) is 3.08. The molecule has 0 saturated carbocycles. The van der Waals surface area contributed by atoms with Gasteiger partial charge in [0.05, 0.1) is 20.5 Å². The number of thiazole rings is 1. The summed E-state index contributed by atoms with van der Waals surface area (Å²) in [7, 11) is -3.74. The van der Waals surface area contributed by atoms with Gasteiger partial charge in [-0.05, 0) is 36.2 Å². The van der Waals surface area contributed by atoms with Crippen molar-refractivity contribution in [3.8, 4) is 32.3 Å². The van der Waals surface area contributed by atoms with Gasteiger partial charge in [0.1, 0.15) is 5.01 Å². The minimum absolute atomic E-state index is 0.0783. The molecule has 4 nitrogen and oxygen atoms in total. The van der Waals surface area contributed by atoms with Crippen LogP contribution in [0.5, 0.6) is 0 Å². The average Bonchev–Trinajstić information content (AvgIpc) is 3.13. The number of aryl methyl sites for hydroxylation is 1. The van der Waals surface area contributed by atoms with Gasteiger partial charge < -0.3 is 0 Å². The van der Waals surface area contributed by atoms with Crippen LogP contribution in [-0.4, -0.2) is 13.4 Å². The molecule has 0 aliphatic rings. The first kappa shape index (κ1) is 19.8. The number of nitrogens with two attached hydrogens (primary N) is 1. The van der Waals surface area contributed by atoms with Crippen LogP contribution in [0.2, 0.25) is 5.02 Å². The minimum atomic E-state index is -3.74. The third-order valence-corrected chi connectivity index (χ3v) is 6.97. The highest BCUT2D eigenvalue weighted by molar-refractivity contribution is 7.89. The van der Waals surface area contributed by atoms with Gasteiger partial charge in [-0.15, -0.1) is 11.3 Å². The van der Waals surface area contributed by atoms with E-state index in [1.807, 2.05) is 55.5 Å². The molecule has 0 atom stereocenters. The summed E-state index contributed by atoms with van der Waals surface area (Å²) in [6, 6.07) is 22.2. The van der Waals surface area contributed by atoms with Gasteiger partial charge in [0.15, 0.2) is 0 Å². The van der Waals surface area contributed by atoms with E-state index in [2.05, 4.69) is 0 Å². The Morgan fingerprint density at radius 2 is 1.52 bits per heavy atom. The van der Waals surface area contributed by atoms with E-state index in [-0.39, 0.29) is 4.90 Å². The number of sulfonamides is 1. The molecule has 0 amide bonds. The van der Waals surface area contributed by atoms with Crippen molar-refractivity contribution >= 4 is 33.0 Å². The predicted octanol–water partition coefficient (Wildman–Crippen LogP) is 5.75.